The number of aromatic carboxylic acids is 2. The van der Waals surface area contributed by atoms with Crippen LogP contribution < -0.4 is 5.73 Å². The van der Waals surface area contributed by atoms with Gasteiger partial charge < -0.3 is 25.5 Å². The Balaban J connectivity index is 0.000000177. The van der Waals surface area contributed by atoms with E-state index in [9.17, 15) is 9.59 Å². The first-order valence-electron chi connectivity index (χ1n) is 6.70. The van der Waals surface area contributed by atoms with E-state index < -0.39 is 11.9 Å². The minimum Gasteiger partial charge on any atom is -0.506 e. The number of phenols is 1. The molecule has 0 saturated carbocycles. The van der Waals surface area contributed by atoms with Gasteiger partial charge in [0.2, 0.25) is 0 Å². The molecule has 1 aromatic heterocycles. The average Bonchev–Trinajstić information content (AvgIpc) is 2.89. The molecule has 124 valence electrons. The van der Waals surface area contributed by atoms with E-state index in [-0.39, 0.29) is 22.6 Å². The number of nitrogens with zero attached hydrogens (tertiary/aromatic N) is 1. The number of carbonyl (C=O) groups is 2. The molecule has 0 bridgehead atoms. The molecule has 24 heavy (non-hydrogen) atoms. The fourth-order valence-electron chi connectivity index (χ4n) is 1.85. The molecular formula is C16H14N2O6. The van der Waals surface area contributed by atoms with Crippen LogP contribution in [0.5, 0.6) is 5.75 Å². The summed E-state index contributed by atoms with van der Waals surface area (Å²) in [6.07, 6.45) is 0. The zero-order valence-corrected chi connectivity index (χ0v) is 12.6. The number of anilines is 1. The van der Waals surface area contributed by atoms with Crippen LogP contribution >= 0.6 is 0 Å². The molecule has 0 fully saturated rings. The first kappa shape index (κ1) is 16.8. The van der Waals surface area contributed by atoms with Crippen molar-refractivity contribution in [3.05, 3.63) is 53.4 Å². The molecule has 3 aromatic rings. The quantitative estimate of drug-likeness (QED) is 0.414. The van der Waals surface area contributed by atoms with Crippen molar-refractivity contribution < 1.29 is 29.3 Å². The van der Waals surface area contributed by atoms with Crippen molar-refractivity contribution in [2.75, 3.05) is 5.73 Å². The second-order valence-electron chi connectivity index (χ2n) is 4.80. The third-order valence-corrected chi connectivity index (χ3v) is 3.02. The monoisotopic (exact) mass is 330 g/mol. The van der Waals surface area contributed by atoms with Crippen LogP contribution in [0.2, 0.25) is 0 Å². The van der Waals surface area contributed by atoms with Gasteiger partial charge >= 0.3 is 11.9 Å². The minimum absolute atomic E-state index is 0.0247. The van der Waals surface area contributed by atoms with Crippen LogP contribution in [0, 0.1) is 6.92 Å². The summed E-state index contributed by atoms with van der Waals surface area (Å²) >= 11 is 0. The van der Waals surface area contributed by atoms with Gasteiger partial charge in [0.25, 0.3) is 0 Å². The summed E-state index contributed by atoms with van der Waals surface area (Å²) in [6, 6.07) is 8.40. The summed E-state index contributed by atoms with van der Waals surface area (Å²) in [5.41, 5.74) is 6.85. The lowest BCUT2D eigenvalue weighted by molar-refractivity contribution is 0.0686. The topological polar surface area (TPSA) is 147 Å². The molecular weight excluding hydrogens is 316 g/mol. The maximum atomic E-state index is 10.6. The van der Waals surface area contributed by atoms with Gasteiger partial charge in [-0.15, -0.1) is 0 Å². The molecule has 8 nitrogen and oxygen atoms in total. The van der Waals surface area contributed by atoms with Crippen molar-refractivity contribution in [1.29, 1.82) is 0 Å². The molecule has 8 heteroatoms. The molecule has 0 atom stereocenters. The number of fused-ring (bicyclic) bond motifs is 1. The maximum absolute atomic E-state index is 10.6. The lowest BCUT2D eigenvalue weighted by atomic mass is 10.2. The second kappa shape index (κ2) is 6.69. The van der Waals surface area contributed by atoms with Gasteiger partial charge in [0.1, 0.15) is 11.3 Å². The van der Waals surface area contributed by atoms with Crippen molar-refractivity contribution in [3.8, 4) is 5.75 Å². The number of hydrogen-bond donors (Lipinski definition) is 4. The number of nitrogen functional groups attached to an aromatic ring is 1. The Morgan fingerprint density at radius 1 is 1.04 bits per heavy atom. The van der Waals surface area contributed by atoms with Gasteiger partial charge in [-0.25, -0.2) is 14.6 Å². The van der Waals surface area contributed by atoms with Crippen molar-refractivity contribution in [1.82, 2.24) is 4.98 Å². The summed E-state index contributed by atoms with van der Waals surface area (Å²) in [7, 11) is 0. The van der Waals surface area contributed by atoms with E-state index in [4.69, 9.17) is 25.5 Å². The highest BCUT2D eigenvalue weighted by atomic mass is 16.4. The Morgan fingerprint density at radius 2 is 1.62 bits per heavy atom. The molecule has 3 rings (SSSR count). The summed E-state index contributed by atoms with van der Waals surface area (Å²) < 4.78 is 5.18. The molecule has 0 aliphatic heterocycles. The number of phenolic OH excluding ortho intramolecular Hbond substituents is 1. The lowest BCUT2D eigenvalue weighted by Gasteiger charge is -1.98. The normalized spacial score (nSPS) is 10.0. The van der Waals surface area contributed by atoms with Crippen LogP contribution in [0.1, 0.15) is 26.6 Å². The first-order valence-corrected chi connectivity index (χ1v) is 6.70. The van der Waals surface area contributed by atoms with Gasteiger partial charge in [0, 0.05) is 6.92 Å². The van der Waals surface area contributed by atoms with Gasteiger partial charge in [0.05, 0.1) is 16.8 Å². The molecule has 0 spiro atoms. The van der Waals surface area contributed by atoms with Crippen LogP contribution in [-0.2, 0) is 0 Å². The number of carboxylic acids is 2. The van der Waals surface area contributed by atoms with Gasteiger partial charge in [0.15, 0.2) is 11.5 Å². The van der Waals surface area contributed by atoms with E-state index in [1.165, 1.54) is 24.3 Å². The average molecular weight is 330 g/mol. The number of aryl methyl sites for hydroxylation is 1. The van der Waals surface area contributed by atoms with Crippen LogP contribution in [0.25, 0.3) is 11.1 Å². The minimum atomic E-state index is -1.08. The van der Waals surface area contributed by atoms with E-state index in [0.717, 1.165) is 6.07 Å². The molecule has 1 heterocycles. The van der Waals surface area contributed by atoms with Crippen LogP contribution in [0.15, 0.2) is 40.8 Å². The van der Waals surface area contributed by atoms with E-state index >= 15 is 0 Å². The Bertz CT molecular complexity index is 916. The van der Waals surface area contributed by atoms with Gasteiger partial charge in [-0.3, -0.25) is 0 Å². The van der Waals surface area contributed by atoms with E-state index in [0.29, 0.717) is 17.0 Å². The molecule has 0 aliphatic carbocycles. The fraction of sp³-hybridized carbons (Fsp3) is 0.0625. The zero-order chi connectivity index (χ0) is 17.9. The number of nitrogens with two attached hydrogens (primary N) is 1. The van der Waals surface area contributed by atoms with Crippen molar-refractivity contribution in [2.24, 2.45) is 0 Å². The number of aromatic nitrogens is 1. The Morgan fingerprint density at radius 3 is 2.21 bits per heavy atom. The SMILES string of the molecule is Cc1nc2ccc(C(=O)O)cc2o1.Nc1ccc(C(=O)O)cc1O. The molecule has 0 radical (unpaired) electrons. The van der Waals surface area contributed by atoms with Crippen LogP contribution in [0.3, 0.4) is 0 Å². The van der Waals surface area contributed by atoms with Gasteiger partial charge in [-0.05, 0) is 36.4 Å². The van der Waals surface area contributed by atoms with E-state index in [2.05, 4.69) is 4.98 Å². The third-order valence-electron chi connectivity index (χ3n) is 3.02. The number of aromatic hydroxyl groups is 1. The van der Waals surface area contributed by atoms with Crippen molar-refractivity contribution in [3.63, 3.8) is 0 Å². The highest BCUT2D eigenvalue weighted by molar-refractivity contribution is 5.91. The fourth-order valence-corrected chi connectivity index (χ4v) is 1.85. The largest absolute Gasteiger partial charge is 0.506 e. The summed E-state index contributed by atoms with van der Waals surface area (Å²) in [4.78, 5) is 25.0. The number of oxazole rings is 1. The van der Waals surface area contributed by atoms with Crippen LogP contribution in [-0.4, -0.2) is 32.2 Å². The molecule has 5 N–H and O–H groups in total. The summed E-state index contributed by atoms with van der Waals surface area (Å²) in [6.45, 7) is 1.72. The number of hydrogen-bond acceptors (Lipinski definition) is 6. The summed E-state index contributed by atoms with van der Waals surface area (Å²) in [5.74, 6) is -1.71. The molecule has 2 aromatic carbocycles. The second-order valence-corrected chi connectivity index (χ2v) is 4.80. The van der Waals surface area contributed by atoms with Crippen LogP contribution in [0.4, 0.5) is 5.69 Å². The molecule has 0 aliphatic rings. The van der Waals surface area contributed by atoms with Crippen molar-refractivity contribution in [2.45, 2.75) is 6.92 Å². The molecule has 0 amide bonds. The van der Waals surface area contributed by atoms with Gasteiger partial charge in [-0.2, -0.15) is 0 Å². The predicted octanol–water partition coefficient (Wildman–Crippen LogP) is 2.51. The zero-order valence-electron chi connectivity index (χ0n) is 12.6. The third kappa shape index (κ3) is 3.80. The number of carboxylic acid groups (broad SMARTS) is 2. The highest BCUT2D eigenvalue weighted by Crippen LogP contribution is 2.20. The smallest absolute Gasteiger partial charge is 0.335 e. The van der Waals surface area contributed by atoms with Crippen molar-refractivity contribution >= 4 is 28.7 Å². The highest BCUT2D eigenvalue weighted by Gasteiger charge is 2.07. The number of benzene rings is 2. The maximum Gasteiger partial charge on any atom is 0.335 e. The first-order chi connectivity index (χ1) is 11.3. The lowest BCUT2D eigenvalue weighted by Crippen LogP contribution is -1.96. The van der Waals surface area contributed by atoms with E-state index in [1.54, 1.807) is 13.0 Å². The summed E-state index contributed by atoms with van der Waals surface area (Å²) in [5, 5.41) is 26.1. The Labute approximate surface area is 135 Å². The standard InChI is InChI=1S/C9H7NO3.C7H7NO3/c1-5-10-7-3-2-6(9(11)12)4-8(7)13-5;8-5-2-1-4(7(10)11)3-6(5)9/h2-4H,1H3,(H,11,12);1-3,9H,8H2,(H,10,11). The number of rotatable bonds is 2. The molecule has 0 unspecified atom stereocenters. The predicted molar refractivity (Wildman–Crippen MR) is 85.2 cm³/mol. The Hall–Kier alpha value is -3.55. The molecule has 0 saturated heterocycles. The van der Waals surface area contributed by atoms with Gasteiger partial charge in [-0.1, -0.05) is 0 Å². The van der Waals surface area contributed by atoms with E-state index in [1.807, 2.05) is 0 Å². The Kier molecular flexibility index (Phi) is 4.69.